The molecule has 60 heavy (non-hydrogen) atoms. The summed E-state index contributed by atoms with van der Waals surface area (Å²) < 4.78 is 41.1. The van der Waals surface area contributed by atoms with Crippen molar-refractivity contribution in [1.82, 2.24) is 0 Å². The van der Waals surface area contributed by atoms with Crippen LogP contribution in [0, 0.1) is 0 Å². The van der Waals surface area contributed by atoms with Crippen LogP contribution in [-0.2, 0) is 76.3 Å². The van der Waals surface area contributed by atoms with E-state index in [4.69, 9.17) is 37.9 Å². The van der Waals surface area contributed by atoms with Crippen molar-refractivity contribution in [3.63, 3.8) is 0 Å². The van der Waals surface area contributed by atoms with E-state index in [2.05, 4.69) is 0 Å². The van der Waals surface area contributed by atoms with Crippen LogP contribution < -0.4 is 0 Å². The zero-order chi connectivity index (χ0) is 43.7. The Labute approximate surface area is 356 Å². The maximum absolute atomic E-state index is 11.9. The van der Waals surface area contributed by atoms with E-state index in [-0.39, 0.29) is 52.9 Å². The smallest absolute Gasteiger partial charge is 0.317 e. The Morgan fingerprint density at radius 1 is 0.167 bits per heavy atom. The van der Waals surface area contributed by atoms with Crippen LogP contribution in [0.3, 0.4) is 0 Å². The number of cyclic esters (lactones) is 8. The molecular formula is C44H72O16. The van der Waals surface area contributed by atoms with Gasteiger partial charge >= 0.3 is 47.8 Å². The second-order valence-electron chi connectivity index (χ2n) is 15.0. The zero-order valence-electron chi connectivity index (χ0n) is 36.0. The van der Waals surface area contributed by atoms with Gasteiger partial charge in [0.05, 0.1) is 52.9 Å². The molecule has 1 aliphatic heterocycles. The summed E-state index contributed by atoms with van der Waals surface area (Å²) in [5, 5.41) is 0. The molecule has 1 rings (SSSR count). The number of ether oxygens (including phenoxy) is 8. The molecule has 0 radical (unpaired) electrons. The molecule has 16 nitrogen and oxygen atoms in total. The van der Waals surface area contributed by atoms with Crippen molar-refractivity contribution < 1.29 is 76.3 Å². The summed E-state index contributed by atoms with van der Waals surface area (Å²) in [6, 6.07) is 0. The second kappa shape index (κ2) is 38.9. The predicted octanol–water partition coefficient (Wildman–Crippen LogP) is 7.27. The molecule has 0 unspecified atom stereocenters. The predicted molar refractivity (Wildman–Crippen MR) is 217 cm³/mol. The average Bonchev–Trinajstić information content (AvgIpc) is 3.20. The highest BCUT2D eigenvalue weighted by Gasteiger charge is 2.15. The van der Waals surface area contributed by atoms with Crippen LogP contribution in [0.2, 0.25) is 0 Å². The number of esters is 8. The lowest BCUT2D eigenvalue weighted by molar-refractivity contribution is -0.156. The van der Waals surface area contributed by atoms with E-state index in [1.54, 1.807) is 0 Å². The number of carbonyl (C=O) groups is 8. The van der Waals surface area contributed by atoms with Crippen molar-refractivity contribution >= 4 is 47.8 Å². The summed E-state index contributed by atoms with van der Waals surface area (Å²) >= 11 is 0. The van der Waals surface area contributed by atoms with E-state index in [0.29, 0.717) is 51.4 Å². The lowest BCUT2D eigenvalue weighted by atomic mass is 10.1. The molecule has 0 bridgehead atoms. The number of carbonyl (C=O) groups excluding carboxylic acids is 8. The molecule has 0 aromatic heterocycles. The lowest BCUT2D eigenvalue weighted by Gasteiger charge is -2.08. The quantitative estimate of drug-likeness (QED) is 0.133. The first-order chi connectivity index (χ1) is 29.2. The fourth-order valence-electron chi connectivity index (χ4n) is 6.01. The van der Waals surface area contributed by atoms with Crippen molar-refractivity contribution in [2.45, 2.75) is 180 Å². The van der Waals surface area contributed by atoms with E-state index in [9.17, 15) is 38.4 Å². The Balaban J connectivity index is 2.29. The first kappa shape index (κ1) is 53.8. The van der Waals surface area contributed by atoms with Crippen LogP contribution in [0.15, 0.2) is 0 Å². The third kappa shape index (κ3) is 36.8. The molecule has 1 aliphatic rings. The Bertz CT molecular complexity index is 947. The maximum Gasteiger partial charge on any atom is 0.317 e. The molecule has 0 aromatic carbocycles. The summed E-state index contributed by atoms with van der Waals surface area (Å²) in [6.07, 6.45) is 17.9. The highest BCUT2D eigenvalue weighted by molar-refractivity contribution is 5.92. The molecule has 0 amide bonds. The van der Waals surface area contributed by atoms with Gasteiger partial charge in [0, 0.05) is 0 Å². The van der Waals surface area contributed by atoms with E-state index in [1.807, 2.05) is 0 Å². The molecule has 0 aliphatic carbocycles. The maximum atomic E-state index is 11.9. The molecule has 0 spiro atoms. The van der Waals surface area contributed by atoms with Gasteiger partial charge in [-0.2, -0.15) is 0 Å². The minimum atomic E-state index is -0.608. The van der Waals surface area contributed by atoms with Gasteiger partial charge in [0.2, 0.25) is 0 Å². The van der Waals surface area contributed by atoms with Gasteiger partial charge in [-0.3, -0.25) is 38.4 Å². The van der Waals surface area contributed by atoms with E-state index in [0.717, 1.165) is 103 Å². The van der Waals surface area contributed by atoms with Crippen molar-refractivity contribution in [2.75, 3.05) is 52.9 Å². The fraction of sp³-hybridized carbons (Fsp3) is 0.818. The van der Waals surface area contributed by atoms with Gasteiger partial charge in [0.25, 0.3) is 0 Å². The Morgan fingerprint density at radius 3 is 0.383 bits per heavy atom. The summed E-state index contributed by atoms with van der Waals surface area (Å²) in [6.45, 7) is 1.84. The molecule has 1 saturated heterocycles. The van der Waals surface area contributed by atoms with Crippen molar-refractivity contribution in [3.05, 3.63) is 0 Å². The molecule has 0 saturated carbocycles. The number of hydrogen-bond donors (Lipinski definition) is 0. The summed E-state index contributed by atoms with van der Waals surface area (Å²) in [5.41, 5.74) is 0. The lowest BCUT2D eigenvalue weighted by Crippen LogP contribution is -2.15. The second-order valence-corrected chi connectivity index (χ2v) is 15.0. The first-order valence-electron chi connectivity index (χ1n) is 22.4. The normalized spacial score (nSPS) is 21.6. The molecule has 1 fully saturated rings. The van der Waals surface area contributed by atoms with Crippen LogP contribution in [0.4, 0.5) is 0 Å². The van der Waals surface area contributed by atoms with Crippen LogP contribution >= 0.6 is 0 Å². The molecule has 0 atom stereocenters. The van der Waals surface area contributed by atoms with E-state index < -0.39 is 73.4 Å². The monoisotopic (exact) mass is 856 g/mol. The largest absolute Gasteiger partial charge is 0.465 e. The zero-order valence-corrected chi connectivity index (χ0v) is 36.0. The molecule has 0 N–H and O–H groups in total. The van der Waals surface area contributed by atoms with Gasteiger partial charge in [0.1, 0.15) is 25.7 Å². The minimum absolute atomic E-state index is 0.230. The third-order valence-corrected chi connectivity index (χ3v) is 9.41. The SMILES string of the molecule is O=C1CC(=O)OCCCCCCCCOC(=O)CC(=O)OCCCCCCCCOC(=O)CC(=O)OCCCCCCCCOC(=O)CC(=O)OCCCCCCCCO1. The third-order valence-electron chi connectivity index (χ3n) is 9.41. The molecule has 344 valence electrons. The molecule has 16 heteroatoms. The number of hydrogen-bond acceptors (Lipinski definition) is 16. The topological polar surface area (TPSA) is 210 Å². The van der Waals surface area contributed by atoms with Crippen LogP contribution in [-0.4, -0.2) is 101 Å². The van der Waals surface area contributed by atoms with Crippen LogP contribution in [0.5, 0.6) is 0 Å². The highest BCUT2D eigenvalue weighted by atomic mass is 16.6. The molecule has 0 aromatic rings. The van der Waals surface area contributed by atoms with Gasteiger partial charge in [-0.25, -0.2) is 0 Å². The summed E-state index contributed by atoms with van der Waals surface area (Å²) in [7, 11) is 0. The van der Waals surface area contributed by atoms with E-state index >= 15 is 0 Å². The summed E-state index contributed by atoms with van der Waals surface area (Å²) in [4.78, 5) is 95.4. The number of rotatable bonds is 0. The standard InChI is InChI=1S/C44H72O16/c45-37-33-39(47)55-27-19-11-3-4-13-21-29-57-41(49)35-43(51)59-31-23-15-7-8-16-24-32-60-44(52)36-42(50)58-30-22-14-6-5-12-20-28-56-40(48)34-38(46)54-26-18-10-2-1-9-17-25-53-37/h1-36H2. The van der Waals surface area contributed by atoms with Crippen LogP contribution in [0.25, 0.3) is 0 Å². The Kier molecular flexibility index (Phi) is 34.9. The molecular weight excluding hydrogens is 784 g/mol. The van der Waals surface area contributed by atoms with Crippen molar-refractivity contribution in [1.29, 1.82) is 0 Å². The van der Waals surface area contributed by atoms with Gasteiger partial charge < -0.3 is 37.9 Å². The Hall–Kier alpha value is -4.24. The Morgan fingerprint density at radius 2 is 0.267 bits per heavy atom. The van der Waals surface area contributed by atoms with Crippen LogP contribution in [0.1, 0.15) is 180 Å². The van der Waals surface area contributed by atoms with Crippen molar-refractivity contribution in [3.8, 4) is 0 Å². The highest BCUT2D eigenvalue weighted by Crippen LogP contribution is 2.11. The minimum Gasteiger partial charge on any atom is -0.465 e. The van der Waals surface area contributed by atoms with Gasteiger partial charge in [-0.1, -0.05) is 103 Å². The summed E-state index contributed by atoms with van der Waals surface area (Å²) in [5.74, 6) is -4.86. The van der Waals surface area contributed by atoms with Gasteiger partial charge in [-0.15, -0.1) is 0 Å². The fourth-order valence-corrected chi connectivity index (χ4v) is 6.01. The molecule has 1 heterocycles. The van der Waals surface area contributed by atoms with Gasteiger partial charge in [0.15, 0.2) is 0 Å². The van der Waals surface area contributed by atoms with Crippen molar-refractivity contribution in [2.24, 2.45) is 0 Å². The first-order valence-corrected chi connectivity index (χ1v) is 22.4. The average molecular weight is 857 g/mol. The van der Waals surface area contributed by atoms with E-state index in [1.165, 1.54) is 0 Å². The van der Waals surface area contributed by atoms with Gasteiger partial charge in [-0.05, 0) is 51.4 Å².